The first-order valence-electron chi connectivity index (χ1n) is 8.58. The minimum absolute atomic E-state index is 0.0148. The van der Waals surface area contributed by atoms with Gasteiger partial charge < -0.3 is 18.6 Å². The van der Waals surface area contributed by atoms with Gasteiger partial charge in [0, 0.05) is 19.0 Å². The highest BCUT2D eigenvalue weighted by Gasteiger charge is 2.20. The summed E-state index contributed by atoms with van der Waals surface area (Å²) in [6.45, 7) is 5.94. The molecule has 0 atom stereocenters. The van der Waals surface area contributed by atoms with E-state index in [2.05, 4.69) is 0 Å². The summed E-state index contributed by atoms with van der Waals surface area (Å²) in [6.07, 6.45) is 0.999. The molecule has 0 fully saturated rings. The Labute approximate surface area is 160 Å². The predicted octanol–water partition coefficient (Wildman–Crippen LogP) is 2.11. The molecule has 0 spiro atoms. The van der Waals surface area contributed by atoms with Crippen LogP contribution in [0.3, 0.4) is 0 Å². The third kappa shape index (κ3) is 7.86. The lowest BCUT2D eigenvalue weighted by molar-refractivity contribution is -0.146. The molecular formula is C18H27NO7S. The van der Waals surface area contributed by atoms with Gasteiger partial charge in [-0.2, -0.15) is 8.42 Å². The van der Waals surface area contributed by atoms with Crippen LogP contribution in [0.25, 0.3) is 0 Å². The van der Waals surface area contributed by atoms with Crippen LogP contribution in [-0.4, -0.2) is 51.2 Å². The van der Waals surface area contributed by atoms with Gasteiger partial charge >= 0.3 is 16.1 Å². The number of esters is 1. The Bertz CT molecular complexity index is 759. The second kappa shape index (κ2) is 10.1. The summed E-state index contributed by atoms with van der Waals surface area (Å²) in [5.74, 6) is -0.281. The number of rotatable bonds is 10. The number of benzene rings is 1. The predicted molar refractivity (Wildman–Crippen MR) is 100 cm³/mol. The third-order valence-electron chi connectivity index (χ3n) is 3.61. The van der Waals surface area contributed by atoms with Crippen molar-refractivity contribution in [1.82, 2.24) is 4.90 Å². The summed E-state index contributed by atoms with van der Waals surface area (Å²) < 4.78 is 37.8. The van der Waals surface area contributed by atoms with E-state index in [0.29, 0.717) is 5.56 Å². The first-order valence-corrected chi connectivity index (χ1v) is 10.4. The van der Waals surface area contributed by atoms with Crippen LogP contribution in [0.2, 0.25) is 0 Å². The lowest BCUT2D eigenvalue weighted by atomic mass is 10.1. The van der Waals surface area contributed by atoms with Crippen molar-refractivity contribution in [2.75, 3.05) is 20.0 Å². The van der Waals surface area contributed by atoms with Crippen LogP contribution in [0.5, 0.6) is 11.5 Å². The van der Waals surface area contributed by atoms with Crippen LogP contribution in [0.4, 0.5) is 0 Å². The Morgan fingerprint density at radius 3 is 2.33 bits per heavy atom. The molecule has 0 radical (unpaired) electrons. The van der Waals surface area contributed by atoms with E-state index in [0.717, 1.165) is 6.26 Å². The number of hydrogen-bond donors (Lipinski definition) is 0. The van der Waals surface area contributed by atoms with Gasteiger partial charge in [0.1, 0.15) is 0 Å². The number of methoxy groups -OCH3 is 1. The summed E-state index contributed by atoms with van der Waals surface area (Å²) in [6, 6.07) is 4.72. The maximum absolute atomic E-state index is 12.5. The maximum atomic E-state index is 12.5. The van der Waals surface area contributed by atoms with Crippen molar-refractivity contribution in [1.29, 1.82) is 0 Å². The molecule has 0 saturated carbocycles. The first kappa shape index (κ1) is 22.8. The van der Waals surface area contributed by atoms with E-state index in [1.54, 1.807) is 24.0 Å². The maximum Gasteiger partial charge on any atom is 0.306 e. The first-order chi connectivity index (χ1) is 12.6. The molecule has 0 aliphatic rings. The van der Waals surface area contributed by atoms with Crippen LogP contribution < -0.4 is 8.92 Å². The molecule has 9 heteroatoms. The zero-order valence-electron chi connectivity index (χ0n) is 16.4. The zero-order chi connectivity index (χ0) is 20.6. The molecule has 0 bridgehead atoms. The van der Waals surface area contributed by atoms with Crippen LogP contribution in [0, 0.1) is 0 Å². The van der Waals surface area contributed by atoms with Gasteiger partial charge in [-0.25, -0.2) is 0 Å². The van der Waals surface area contributed by atoms with Crippen molar-refractivity contribution in [3.8, 4) is 11.5 Å². The molecule has 0 aromatic heterocycles. The minimum Gasteiger partial charge on any atom is -0.493 e. The molecule has 0 unspecified atom stereocenters. The molecule has 1 aromatic carbocycles. The van der Waals surface area contributed by atoms with E-state index in [1.807, 2.05) is 13.8 Å². The van der Waals surface area contributed by atoms with Crippen LogP contribution in [0.1, 0.15) is 39.2 Å². The van der Waals surface area contributed by atoms with Crippen molar-refractivity contribution in [2.24, 2.45) is 0 Å². The second-order valence-corrected chi connectivity index (χ2v) is 7.77. The van der Waals surface area contributed by atoms with E-state index in [9.17, 15) is 18.0 Å². The summed E-state index contributed by atoms with van der Waals surface area (Å²) in [5, 5.41) is 0. The fraction of sp³-hybridized carbons (Fsp3) is 0.556. The number of amides is 1. The van der Waals surface area contributed by atoms with Crippen molar-refractivity contribution < 1.29 is 31.7 Å². The van der Waals surface area contributed by atoms with Gasteiger partial charge in [0.2, 0.25) is 5.91 Å². The molecule has 1 rings (SSSR count). The smallest absolute Gasteiger partial charge is 0.306 e. The quantitative estimate of drug-likeness (QED) is 0.437. The Kier molecular flexibility index (Phi) is 8.55. The minimum atomic E-state index is -3.72. The van der Waals surface area contributed by atoms with Gasteiger partial charge in [0.05, 0.1) is 26.4 Å². The molecule has 1 aromatic rings. The van der Waals surface area contributed by atoms with Crippen LogP contribution >= 0.6 is 0 Å². The van der Waals surface area contributed by atoms with E-state index in [4.69, 9.17) is 13.7 Å². The fourth-order valence-electron chi connectivity index (χ4n) is 2.39. The second-order valence-electron chi connectivity index (χ2n) is 6.19. The molecule has 0 heterocycles. The monoisotopic (exact) mass is 401 g/mol. The number of ether oxygens (including phenoxy) is 2. The van der Waals surface area contributed by atoms with E-state index < -0.39 is 16.1 Å². The van der Waals surface area contributed by atoms with Gasteiger partial charge in [-0.05, 0) is 38.5 Å². The van der Waals surface area contributed by atoms with Crippen LogP contribution in [0.15, 0.2) is 18.2 Å². The zero-order valence-corrected chi connectivity index (χ0v) is 17.2. The Morgan fingerprint density at radius 2 is 1.81 bits per heavy atom. The number of carbonyl (C=O) groups excluding carboxylic acids is 2. The largest absolute Gasteiger partial charge is 0.493 e. The molecule has 8 nitrogen and oxygen atoms in total. The summed E-state index contributed by atoms with van der Waals surface area (Å²) in [7, 11) is -2.32. The average molecular weight is 401 g/mol. The van der Waals surface area contributed by atoms with Crippen molar-refractivity contribution in [3.05, 3.63) is 23.8 Å². The SMILES string of the molecule is CCOC(=O)CCC(=O)N(Cc1ccc(OC)c(OS(C)(=O)=O)c1)C(C)C. The van der Waals surface area contributed by atoms with Crippen molar-refractivity contribution in [2.45, 2.75) is 46.2 Å². The lowest BCUT2D eigenvalue weighted by Crippen LogP contribution is -2.36. The fourth-order valence-corrected chi connectivity index (χ4v) is 2.85. The highest BCUT2D eigenvalue weighted by molar-refractivity contribution is 7.86. The van der Waals surface area contributed by atoms with Crippen LogP contribution in [-0.2, 0) is 31.0 Å². The molecule has 27 heavy (non-hydrogen) atoms. The summed E-state index contributed by atoms with van der Waals surface area (Å²) in [5.41, 5.74) is 0.674. The van der Waals surface area contributed by atoms with Crippen molar-refractivity contribution in [3.63, 3.8) is 0 Å². The average Bonchev–Trinajstić information content (AvgIpc) is 2.56. The van der Waals surface area contributed by atoms with E-state index in [-0.39, 0.29) is 49.4 Å². The third-order valence-corrected chi connectivity index (χ3v) is 4.10. The molecule has 152 valence electrons. The molecule has 1 amide bonds. The number of carbonyl (C=O) groups is 2. The molecule has 0 N–H and O–H groups in total. The Hall–Kier alpha value is -2.29. The molecule has 0 aliphatic heterocycles. The van der Waals surface area contributed by atoms with Gasteiger partial charge in [-0.1, -0.05) is 6.07 Å². The topological polar surface area (TPSA) is 99.2 Å². The Morgan fingerprint density at radius 1 is 1.15 bits per heavy atom. The van der Waals surface area contributed by atoms with Gasteiger partial charge in [-0.15, -0.1) is 0 Å². The standard InChI is InChI=1S/C18H27NO7S/c1-6-25-18(21)10-9-17(20)19(13(2)3)12-14-7-8-15(24-4)16(11-14)26-27(5,22)23/h7-8,11,13H,6,9-10,12H2,1-5H3. The Balaban J connectivity index is 2.95. The highest BCUT2D eigenvalue weighted by atomic mass is 32.2. The van der Waals surface area contributed by atoms with E-state index in [1.165, 1.54) is 13.2 Å². The van der Waals surface area contributed by atoms with E-state index >= 15 is 0 Å². The molecule has 0 saturated heterocycles. The van der Waals surface area contributed by atoms with Gasteiger partial charge in [-0.3, -0.25) is 9.59 Å². The molecule has 0 aliphatic carbocycles. The normalized spacial score (nSPS) is 11.2. The highest BCUT2D eigenvalue weighted by Crippen LogP contribution is 2.30. The summed E-state index contributed by atoms with van der Waals surface area (Å²) in [4.78, 5) is 25.6. The van der Waals surface area contributed by atoms with Crippen molar-refractivity contribution >= 4 is 22.0 Å². The lowest BCUT2D eigenvalue weighted by Gasteiger charge is -2.27. The van der Waals surface area contributed by atoms with Gasteiger partial charge in [0.25, 0.3) is 0 Å². The molecular weight excluding hydrogens is 374 g/mol. The number of hydrogen-bond acceptors (Lipinski definition) is 7. The number of nitrogens with zero attached hydrogens (tertiary/aromatic N) is 1. The van der Waals surface area contributed by atoms with Gasteiger partial charge in [0.15, 0.2) is 11.5 Å². The summed E-state index contributed by atoms with van der Waals surface area (Å²) >= 11 is 0.